The van der Waals surface area contributed by atoms with Gasteiger partial charge in [0.1, 0.15) is 5.75 Å². The average molecular weight is 424 g/mol. The zero-order valence-electron chi connectivity index (χ0n) is 18.0. The summed E-state index contributed by atoms with van der Waals surface area (Å²) in [6, 6.07) is 15.6. The molecule has 31 heavy (non-hydrogen) atoms. The zero-order chi connectivity index (χ0) is 21.6. The van der Waals surface area contributed by atoms with Gasteiger partial charge < -0.3 is 25.2 Å². The first-order chi connectivity index (χ1) is 15.1. The predicted molar refractivity (Wildman–Crippen MR) is 121 cm³/mol. The van der Waals surface area contributed by atoms with Crippen molar-refractivity contribution < 1.29 is 19.2 Å². The van der Waals surface area contributed by atoms with Crippen molar-refractivity contribution in [3.8, 4) is 5.75 Å². The quantitative estimate of drug-likeness (QED) is 0.599. The van der Waals surface area contributed by atoms with Crippen molar-refractivity contribution in [2.24, 2.45) is 0 Å². The van der Waals surface area contributed by atoms with Gasteiger partial charge in [0, 0.05) is 6.04 Å². The number of nitrogens with zero attached hydrogens (tertiary/aromatic N) is 1. The van der Waals surface area contributed by atoms with Crippen LogP contribution in [0.15, 0.2) is 48.5 Å². The number of rotatable bonds is 8. The van der Waals surface area contributed by atoms with E-state index in [1.165, 1.54) is 4.90 Å². The largest absolute Gasteiger partial charge is 0.492 e. The highest BCUT2D eigenvalue weighted by atomic mass is 16.5. The molecule has 2 aromatic carbocycles. The van der Waals surface area contributed by atoms with Crippen LogP contribution in [0, 0.1) is 0 Å². The SMILES string of the molecule is CCOc1ccccc1N1CC[NH+](CC(=O)Nc2ccccc2C(=O)NC2CC2)CC1. The maximum atomic E-state index is 12.7. The number of nitrogens with one attached hydrogen (secondary N) is 3. The van der Waals surface area contributed by atoms with Gasteiger partial charge in [-0.15, -0.1) is 0 Å². The lowest BCUT2D eigenvalue weighted by Crippen LogP contribution is -3.15. The van der Waals surface area contributed by atoms with E-state index in [4.69, 9.17) is 4.74 Å². The summed E-state index contributed by atoms with van der Waals surface area (Å²) in [6.45, 7) is 6.50. The number of hydrogen-bond donors (Lipinski definition) is 3. The minimum Gasteiger partial charge on any atom is -0.492 e. The van der Waals surface area contributed by atoms with Gasteiger partial charge >= 0.3 is 0 Å². The second kappa shape index (κ2) is 9.83. The molecule has 1 saturated heterocycles. The van der Waals surface area contributed by atoms with Gasteiger partial charge in [-0.3, -0.25) is 9.59 Å². The molecule has 0 spiro atoms. The fourth-order valence-corrected chi connectivity index (χ4v) is 3.94. The van der Waals surface area contributed by atoms with Gasteiger partial charge in [-0.1, -0.05) is 24.3 Å². The standard InChI is InChI=1S/C24H30N4O3/c1-2-31-22-10-6-5-9-21(22)28-15-13-27(14-16-28)17-23(29)26-20-8-4-3-7-19(20)24(30)25-18-11-12-18/h3-10,18H,2,11-17H2,1H3,(H,25,30)(H,26,29)/p+1. The van der Waals surface area contributed by atoms with E-state index in [9.17, 15) is 9.59 Å². The van der Waals surface area contributed by atoms with E-state index >= 15 is 0 Å². The summed E-state index contributed by atoms with van der Waals surface area (Å²) in [4.78, 5) is 28.7. The van der Waals surface area contributed by atoms with E-state index in [2.05, 4.69) is 21.6 Å². The molecule has 0 unspecified atom stereocenters. The third-order valence-electron chi connectivity index (χ3n) is 5.75. The van der Waals surface area contributed by atoms with E-state index in [-0.39, 0.29) is 17.9 Å². The Morgan fingerprint density at radius 3 is 2.52 bits per heavy atom. The lowest BCUT2D eigenvalue weighted by molar-refractivity contribution is -0.892. The summed E-state index contributed by atoms with van der Waals surface area (Å²) in [5.74, 6) is 0.726. The second-order valence-electron chi connectivity index (χ2n) is 8.16. The number of quaternary nitrogens is 1. The van der Waals surface area contributed by atoms with E-state index in [1.807, 2.05) is 37.3 Å². The zero-order valence-corrected chi connectivity index (χ0v) is 18.0. The highest BCUT2D eigenvalue weighted by Crippen LogP contribution is 2.27. The predicted octanol–water partition coefficient (Wildman–Crippen LogP) is 1.32. The molecule has 1 heterocycles. The maximum absolute atomic E-state index is 12.7. The summed E-state index contributed by atoms with van der Waals surface area (Å²) in [5, 5.41) is 5.93. The highest BCUT2D eigenvalue weighted by molar-refractivity contribution is 6.04. The van der Waals surface area contributed by atoms with Gasteiger partial charge in [0.05, 0.1) is 49.7 Å². The number of ether oxygens (including phenoxy) is 1. The number of para-hydroxylation sites is 3. The number of carbonyl (C=O) groups excluding carboxylic acids is 2. The van der Waals surface area contributed by atoms with Gasteiger partial charge in [0.15, 0.2) is 6.54 Å². The molecule has 164 valence electrons. The minimum atomic E-state index is -0.118. The fraction of sp³-hybridized carbons (Fsp3) is 0.417. The Morgan fingerprint density at radius 2 is 1.77 bits per heavy atom. The van der Waals surface area contributed by atoms with Crippen molar-refractivity contribution >= 4 is 23.2 Å². The summed E-state index contributed by atoms with van der Waals surface area (Å²) < 4.78 is 5.76. The number of benzene rings is 2. The Hall–Kier alpha value is -3.06. The van der Waals surface area contributed by atoms with Gasteiger partial charge in [-0.25, -0.2) is 0 Å². The number of amides is 2. The van der Waals surface area contributed by atoms with Crippen LogP contribution in [0.5, 0.6) is 5.75 Å². The Morgan fingerprint density at radius 1 is 1.06 bits per heavy atom. The summed E-state index contributed by atoms with van der Waals surface area (Å²) in [7, 11) is 0. The van der Waals surface area contributed by atoms with E-state index in [0.717, 1.165) is 50.5 Å². The molecular formula is C24H31N4O3+. The molecule has 3 N–H and O–H groups in total. The van der Waals surface area contributed by atoms with Crippen LogP contribution in [0.2, 0.25) is 0 Å². The Labute approximate surface area is 183 Å². The molecule has 1 aliphatic carbocycles. The van der Waals surface area contributed by atoms with Gasteiger partial charge in [-0.2, -0.15) is 0 Å². The van der Waals surface area contributed by atoms with Crippen molar-refractivity contribution in [3.63, 3.8) is 0 Å². The molecule has 2 aromatic rings. The Kier molecular flexibility index (Phi) is 6.72. The molecule has 2 aliphatic rings. The van der Waals surface area contributed by atoms with E-state index in [0.29, 0.717) is 24.4 Å². The highest BCUT2D eigenvalue weighted by Gasteiger charge is 2.26. The van der Waals surface area contributed by atoms with Crippen LogP contribution in [0.1, 0.15) is 30.1 Å². The van der Waals surface area contributed by atoms with Crippen LogP contribution in [-0.2, 0) is 4.79 Å². The van der Waals surface area contributed by atoms with Crippen LogP contribution in [0.25, 0.3) is 0 Å². The Bertz CT molecular complexity index is 921. The number of hydrogen-bond acceptors (Lipinski definition) is 4. The molecule has 4 rings (SSSR count). The van der Waals surface area contributed by atoms with Crippen molar-refractivity contribution in [2.45, 2.75) is 25.8 Å². The summed E-state index contributed by atoms with van der Waals surface area (Å²) in [6.07, 6.45) is 2.06. The number of carbonyl (C=O) groups is 2. The topological polar surface area (TPSA) is 75.1 Å². The second-order valence-corrected chi connectivity index (χ2v) is 8.16. The van der Waals surface area contributed by atoms with Crippen LogP contribution < -0.4 is 25.2 Å². The molecule has 7 nitrogen and oxygen atoms in total. The van der Waals surface area contributed by atoms with Crippen LogP contribution in [-0.4, -0.2) is 57.2 Å². The first-order valence-electron chi connectivity index (χ1n) is 11.1. The van der Waals surface area contributed by atoms with Gasteiger partial charge in [-0.05, 0) is 44.0 Å². The van der Waals surface area contributed by atoms with Gasteiger partial charge in [0.25, 0.3) is 11.8 Å². The normalized spacial score (nSPS) is 16.6. The molecule has 0 bridgehead atoms. The molecule has 7 heteroatoms. The molecule has 1 aliphatic heterocycles. The van der Waals surface area contributed by atoms with Crippen molar-refractivity contribution in [2.75, 3.05) is 49.5 Å². The lowest BCUT2D eigenvalue weighted by Gasteiger charge is -2.34. The minimum absolute atomic E-state index is 0.0650. The fourth-order valence-electron chi connectivity index (χ4n) is 3.94. The van der Waals surface area contributed by atoms with Crippen LogP contribution in [0.4, 0.5) is 11.4 Å². The lowest BCUT2D eigenvalue weighted by atomic mass is 10.1. The summed E-state index contributed by atoms with van der Waals surface area (Å²) >= 11 is 0. The average Bonchev–Trinajstić information content (AvgIpc) is 3.59. The first kappa shape index (κ1) is 21.2. The molecule has 2 amide bonds. The monoisotopic (exact) mass is 423 g/mol. The molecule has 0 atom stereocenters. The third kappa shape index (κ3) is 5.55. The van der Waals surface area contributed by atoms with E-state index < -0.39 is 0 Å². The molecule has 0 radical (unpaired) electrons. The molecule has 1 saturated carbocycles. The van der Waals surface area contributed by atoms with Crippen molar-refractivity contribution in [1.82, 2.24) is 5.32 Å². The molecule has 0 aromatic heterocycles. The molecule has 2 fully saturated rings. The van der Waals surface area contributed by atoms with Gasteiger partial charge in [0.2, 0.25) is 0 Å². The van der Waals surface area contributed by atoms with Crippen LogP contribution in [0.3, 0.4) is 0 Å². The molecular weight excluding hydrogens is 392 g/mol. The van der Waals surface area contributed by atoms with E-state index in [1.54, 1.807) is 12.1 Å². The summed E-state index contributed by atoms with van der Waals surface area (Å²) in [5.41, 5.74) is 2.22. The number of piperazine rings is 1. The van der Waals surface area contributed by atoms with Crippen molar-refractivity contribution in [1.29, 1.82) is 0 Å². The third-order valence-corrected chi connectivity index (χ3v) is 5.75. The Balaban J connectivity index is 1.31. The van der Waals surface area contributed by atoms with Crippen molar-refractivity contribution in [3.05, 3.63) is 54.1 Å². The first-order valence-corrected chi connectivity index (χ1v) is 11.1. The smallest absolute Gasteiger partial charge is 0.279 e. The van der Waals surface area contributed by atoms with Crippen LogP contribution >= 0.6 is 0 Å². The maximum Gasteiger partial charge on any atom is 0.279 e. The number of anilines is 2.